The molecule has 2 heterocycles. The van der Waals surface area contributed by atoms with Crippen molar-refractivity contribution in [2.75, 3.05) is 32.9 Å². The predicted molar refractivity (Wildman–Crippen MR) is 50.8 cm³/mol. The molecule has 2 aliphatic rings. The molecule has 1 unspecified atom stereocenters. The van der Waals surface area contributed by atoms with E-state index in [0.29, 0.717) is 6.10 Å². The van der Waals surface area contributed by atoms with E-state index in [0.717, 1.165) is 45.1 Å². The molecule has 0 spiro atoms. The van der Waals surface area contributed by atoms with E-state index in [2.05, 4.69) is 5.32 Å². The third-order valence-electron chi connectivity index (χ3n) is 2.90. The van der Waals surface area contributed by atoms with Gasteiger partial charge in [0.1, 0.15) is 0 Å². The molecule has 3 nitrogen and oxygen atoms in total. The highest BCUT2D eigenvalue weighted by Crippen LogP contribution is 2.14. The average molecular weight is 185 g/mol. The van der Waals surface area contributed by atoms with Crippen LogP contribution in [0.5, 0.6) is 0 Å². The van der Waals surface area contributed by atoms with Crippen LogP contribution in [-0.2, 0) is 9.47 Å². The van der Waals surface area contributed by atoms with Gasteiger partial charge in [0.25, 0.3) is 0 Å². The fraction of sp³-hybridized carbons (Fsp3) is 1.00. The van der Waals surface area contributed by atoms with Crippen molar-refractivity contribution in [3.05, 3.63) is 0 Å². The number of nitrogens with one attached hydrogen (secondary N) is 1. The lowest BCUT2D eigenvalue weighted by Crippen LogP contribution is -2.26. The summed E-state index contributed by atoms with van der Waals surface area (Å²) < 4.78 is 11.1. The highest BCUT2D eigenvalue weighted by molar-refractivity contribution is 4.71. The van der Waals surface area contributed by atoms with Gasteiger partial charge in [-0.05, 0) is 31.7 Å². The highest BCUT2D eigenvalue weighted by atomic mass is 16.5. The van der Waals surface area contributed by atoms with E-state index in [-0.39, 0.29) is 0 Å². The maximum atomic E-state index is 5.85. The summed E-state index contributed by atoms with van der Waals surface area (Å²) in [6.45, 7) is 5.02. The minimum Gasteiger partial charge on any atom is -0.381 e. The lowest BCUT2D eigenvalue weighted by atomic mass is 10.1. The Hall–Kier alpha value is -0.120. The normalized spacial score (nSPS) is 30.9. The van der Waals surface area contributed by atoms with Gasteiger partial charge in [-0.3, -0.25) is 0 Å². The number of hydrogen-bond acceptors (Lipinski definition) is 3. The van der Waals surface area contributed by atoms with Gasteiger partial charge in [0.15, 0.2) is 0 Å². The zero-order valence-electron chi connectivity index (χ0n) is 8.13. The fourth-order valence-electron chi connectivity index (χ4n) is 1.97. The van der Waals surface area contributed by atoms with Crippen LogP contribution in [0.1, 0.15) is 19.3 Å². The van der Waals surface area contributed by atoms with Crippen molar-refractivity contribution < 1.29 is 9.47 Å². The van der Waals surface area contributed by atoms with Crippen molar-refractivity contribution in [3.63, 3.8) is 0 Å². The van der Waals surface area contributed by atoms with Gasteiger partial charge in [-0.25, -0.2) is 0 Å². The summed E-state index contributed by atoms with van der Waals surface area (Å²) in [5.41, 5.74) is 0. The van der Waals surface area contributed by atoms with Gasteiger partial charge in [0.05, 0.1) is 12.7 Å². The maximum absolute atomic E-state index is 5.85. The molecule has 0 bridgehead atoms. The Kier molecular flexibility index (Phi) is 3.58. The molecule has 0 saturated carbocycles. The van der Waals surface area contributed by atoms with Gasteiger partial charge < -0.3 is 14.8 Å². The molecular formula is C10H19NO2. The third-order valence-corrected chi connectivity index (χ3v) is 2.90. The largest absolute Gasteiger partial charge is 0.381 e. The molecule has 3 heteroatoms. The van der Waals surface area contributed by atoms with E-state index in [1.807, 2.05) is 0 Å². The van der Waals surface area contributed by atoms with Gasteiger partial charge in [-0.15, -0.1) is 0 Å². The minimum atomic E-state index is 0.467. The predicted octanol–water partition coefficient (Wildman–Crippen LogP) is 0.791. The second-order valence-corrected chi connectivity index (χ2v) is 4.00. The summed E-state index contributed by atoms with van der Waals surface area (Å²) in [5.74, 6) is 0.753. The van der Waals surface area contributed by atoms with E-state index in [9.17, 15) is 0 Å². The molecule has 1 N–H and O–H groups in total. The van der Waals surface area contributed by atoms with Crippen molar-refractivity contribution in [2.24, 2.45) is 5.92 Å². The van der Waals surface area contributed by atoms with Crippen LogP contribution in [-0.4, -0.2) is 39.0 Å². The molecule has 0 amide bonds. The summed E-state index contributed by atoms with van der Waals surface area (Å²) in [4.78, 5) is 0. The second kappa shape index (κ2) is 4.94. The van der Waals surface area contributed by atoms with Crippen molar-refractivity contribution in [1.29, 1.82) is 0 Å². The van der Waals surface area contributed by atoms with Crippen molar-refractivity contribution >= 4 is 0 Å². The Morgan fingerprint density at radius 2 is 2.08 bits per heavy atom. The topological polar surface area (TPSA) is 30.5 Å². The van der Waals surface area contributed by atoms with Gasteiger partial charge in [0, 0.05) is 19.8 Å². The molecule has 13 heavy (non-hydrogen) atoms. The Bertz CT molecular complexity index is 140. The maximum Gasteiger partial charge on any atom is 0.0619 e. The SMILES string of the molecule is C1CC(COC2CCOCC2)CN1. The average Bonchev–Trinajstić information content (AvgIpc) is 2.69. The quantitative estimate of drug-likeness (QED) is 0.705. The van der Waals surface area contributed by atoms with Crippen LogP contribution in [0, 0.1) is 5.92 Å². The summed E-state index contributed by atoms with van der Waals surface area (Å²) in [5, 5.41) is 3.36. The van der Waals surface area contributed by atoms with Gasteiger partial charge in [0.2, 0.25) is 0 Å². The fourth-order valence-corrected chi connectivity index (χ4v) is 1.97. The molecule has 0 aromatic rings. The highest BCUT2D eigenvalue weighted by Gasteiger charge is 2.18. The first kappa shape index (κ1) is 9.44. The smallest absolute Gasteiger partial charge is 0.0619 e. The molecule has 2 saturated heterocycles. The molecule has 0 aromatic heterocycles. The van der Waals surface area contributed by atoms with Crippen molar-refractivity contribution in [2.45, 2.75) is 25.4 Å². The molecule has 2 aliphatic heterocycles. The van der Waals surface area contributed by atoms with Gasteiger partial charge in [-0.2, -0.15) is 0 Å². The summed E-state index contributed by atoms with van der Waals surface area (Å²) in [6, 6.07) is 0. The zero-order chi connectivity index (χ0) is 8.93. The molecule has 2 rings (SSSR count). The van der Waals surface area contributed by atoms with Crippen molar-refractivity contribution in [1.82, 2.24) is 5.32 Å². The molecule has 2 fully saturated rings. The van der Waals surface area contributed by atoms with E-state index in [4.69, 9.17) is 9.47 Å². The standard InChI is InChI=1S/C10H19NO2/c1-4-11-7-9(1)8-13-10-2-5-12-6-3-10/h9-11H,1-8H2. The van der Waals surface area contributed by atoms with Crippen molar-refractivity contribution in [3.8, 4) is 0 Å². The number of rotatable bonds is 3. The molecule has 0 aliphatic carbocycles. The van der Waals surface area contributed by atoms with Crippen LogP contribution in [0.4, 0.5) is 0 Å². The van der Waals surface area contributed by atoms with Crippen LogP contribution >= 0.6 is 0 Å². The first-order valence-corrected chi connectivity index (χ1v) is 5.35. The number of hydrogen-bond donors (Lipinski definition) is 1. The van der Waals surface area contributed by atoms with Gasteiger partial charge in [-0.1, -0.05) is 0 Å². The van der Waals surface area contributed by atoms with E-state index in [1.54, 1.807) is 0 Å². The Labute approximate surface area is 79.8 Å². The molecule has 1 atom stereocenters. The minimum absolute atomic E-state index is 0.467. The Morgan fingerprint density at radius 3 is 2.77 bits per heavy atom. The molecular weight excluding hydrogens is 166 g/mol. The van der Waals surface area contributed by atoms with Crippen LogP contribution in [0.2, 0.25) is 0 Å². The number of ether oxygens (including phenoxy) is 2. The monoisotopic (exact) mass is 185 g/mol. The van der Waals surface area contributed by atoms with E-state index < -0.39 is 0 Å². The lowest BCUT2D eigenvalue weighted by molar-refractivity contribution is -0.0409. The van der Waals surface area contributed by atoms with E-state index in [1.165, 1.54) is 13.0 Å². The van der Waals surface area contributed by atoms with Crippen LogP contribution < -0.4 is 5.32 Å². The summed E-state index contributed by atoms with van der Waals surface area (Å²) in [7, 11) is 0. The third kappa shape index (κ3) is 2.93. The summed E-state index contributed by atoms with van der Waals surface area (Å²) in [6.07, 6.45) is 3.91. The first-order valence-electron chi connectivity index (χ1n) is 5.35. The Balaban J connectivity index is 1.60. The molecule has 0 radical (unpaired) electrons. The Morgan fingerprint density at radius 1 is 1.23 bits per heavy atom. The van der Waals surface area contributed by atoms with Crippen LogP contribution in [0.25, 0.3) is 0 Å². The second-order valence-electron chi connectivity index (χ2n) is 4.00. The summed E-state index contributed by atoms with van der Waals surface area (Å²) >= 11 is 0. The zero-order valence-corrected chi connectivity index (χ0v) is 8.13. The molecule has 76 valence electrons. The lowest BCUT2D eigenvalue weighted by Gasteiger charge is -2.23. The van der Waals surface area contributed by atoms with Gasteiger partial charge >= 0.3 is 0 Å². The molecule has 0 aromatic carbocycles. The van der Waals surface area contributed by atoms with Crippen LogP contribution in [0.3, 0.4) is 0 Å². The first-order chi connectivity index (χ1) is 6.45. The van der Waals surface area contributed by atoms with Crippen LogP contribution in [0.15, 0.2) is 0 Å². The van der Waals surface area contributed by atoms with E-state index >= 15 is 0 Å².